The minimum atomic E-state index is -0.383. The normalized spacial score (nSPS) is 25.3. The van der Waals surface area contributed by atoms with Crippen molar-refractivity contribution in [3.05, 3.63) is 66.0 Å². The van der Waals surface area contributed by atoms with Gasteiger partial charge in [-0.25, -0.2) is 9.37 Å². The number of hydrogen-bond donors (Lipinski definition) is 0. The summed E-state index contributed by atoms with van der Waals surface area (Å²) < 4.78 is 24.5. The molecular weight excluding hydrogens is 371 g/mol. The zero-order valence-corrected chi connectivity index (χ0v) is 16.1. The quantitative estimate of drug-likeness (QED) is 0.743. The van der Waals surface area contributed by atoms with Crippen molar-refractivity contribution in [3.8, 4) is 5.88 Å². The molecule has 150 valence electrons. The first kappa shape index (κ1) is 18.2. The van der Waals surface area contributed by atoms with Gasteiger partial charge in [0.15, 0.2) is 5.76 Å². The molecule has 2 fully saturated rings. The van der Waals surface area contributed by atoms with Crippen molar-refractivity contribution in [1.29, 1.82) is 0 Å². The number of allylic oxidation sites excluding steroid dienone is 4. The molecule has 2 aromatic rings. The fraction of sp³-hybridized carbons (Fsp3) is 0.391. The Bertz CT molecular complexity index is 963. The SMILES string of the molecule is O=C(c1occc1C1=CC=CCC1)N1C2CCC1C(COc1ccc(F)cn1)C2. The molecule has 29 heavy (non-hydrogen) atoms. The molecule has 2 bridgehead atoms. The molecule has 1 aliphatic carbocycles. The number of nitrogens with zero attached hydrogens (tertiary/aromatic N) is 2. The van der Waals surface area contributed by atoms with Gasteiger partial charge in [0.2, 0.25) is 5.88 Å². The maximum atomic E-state index is 13.4. The van der Waals surface area contributed by atoms with Crippen molar-refractivity contribution >= 4 is 11.5 Å². The first-order chi connectivity index (χ1) is 14.2. The molecular formula is C23H23FN2O3. The molecule has 0 N–H and O–H groups in total. The molecule has 1 amide bonds. The monoisotopic (exact) mass is 394 g/mol. The summed E-state index contributed by atoms with van der Waals surface area (Å²) >= 11 is 0. The Hall–Kier alpha value is -2.89. The largest absolute Gasteiger partial charge is 0.477 e. The molecule has 3 unspecified atom stereocenters. The summed E-state index contributed by atoms with van der Waals surface area (Å²) in [4.78, 5) is 19.3. The van der Waals surface area contributed by atoms with Crippen LogP contribution in [-0.4, -0.2) is 34.5 Å². The van der Waals surface area contributed by atoms with E-state index < -0.39 is 0 Å². The number of furan rings is 1. The van der Waals surface area contributed by atoms with Crippen LogP contribution in [0, 0.1) is 11.7 Å². The molecule has 0 saturated carbocycles. The Morgan fingerprint density at radius 2 is 2.24 bits per heavy atom. The smallest absolute Gasteiger partial charge is 0.290 e. The number of amides is 1. The first-order valence-corrected chi connectivity index (χ1v) is 10.2. The third-order valence-corrected chi connectivity index (χ3v) is 6.26. The van der Waals surface area contributed by atoms with Crippen LogP contribution in [0.15, 0.2) is 53.3 Å². The lowest BCUT2D eigenvalue weighted by atomic mass is 9.90. The van der Waals surface area contributed by atoms with Crippen LogP contribution in [0.4, 0.5) is 4.39 Å². The van der Waals surface area contributed by atoms with E-state index in [1.165, 1.54) is 12.1 Å². The van der Waals surface area contributed by atoms with E-state index in [0.29, 0.717) is 18.2 Å². The van der Waals surface area contributed by atoms with Crippen molar-refractivity contribution in [2.45, 2.75) is 44.2 Å². The molecule has 2 aliphatic heterocycles. The molecule has 0 aromatic carbocycles. The van der Waals surface area contributed by atoms with Crippen LogP contribution in [-0.2, 0) is 0 Å². The summed E-state index contributed by atoms with van der Waals surface area (Å²) in [5.41, 5.74) is 2.06. The van der Waals surface area contributed by atoms with E-state index in [2.05, 4.69) is 17.1 Å². The highest BCUT2D eigenvalue weighted by molar-refractivity contribution is 5.97. The second-order valence-electron chi connectivity index (χ2n) is 7.95. The number of carbonyl (C=O) groups is 1. The topological polar surface area (TPSA) is 55.6 Å². The molecule has 6 heteroatoms. The van der Waals surface area contributed by atoms with Crippen LogP contribution in [0.5, 0.6) is 5.88 Å². The Morgan fingerprint density at radius 1 is 1.31 bits per heavy atom. The van der Waals surface area contributed by atoms with Crippen LogP contribution in [0.1, 0.15) is 48.2 Å². The van der Waals surface area contributed by atoms with Gasteiger partial charge in [-0.2, -0.15) is 0 Å². The third kappa shape index (κ3) is 3.37. The fourth-order valence-electron chi connectivity index (χ4n) is 4.92. The van der Waals surface area contributed by atoms with Gasteiger partial charge in [0.25, 0.3) is 5.91 Å². The Labute approximate surface area is 168 Å². The lowest BCUT2D eigenvalue weighted by Crippen LogP contribution is -2.37. The average molecular weight is 394 g/mol. The van der Waals surface area contributed by atoms with E-state index in [4.69, 9.17) is 9.15 Å². The van der Waals surface area contributed by atoms with Crippen LogP contribution in [0.25, 0.3) is 5.57 Å². The van der Waals surface area contributed by atoms with E-state index in [1.807, 2.05) is 17.0 Å². The second kappa shape index (κ2) is 7.50. The minimum absolute atomic E-state index is 0.0182. The standard InChI is InChI=1S/C23H23FN2O3/c24-17-6-9-21(25-13-17)29-14-16-12-18-7-8-20(16)26(18)23(27)22-19(10-11-28-22)15-4-2-1-3-5-15/h1-2,4,6,9-11,13,16,18,20H,3,5,7-8,12,14H2. The number of hydrogen-bond acceptors (Lipinski definition) is 4. The van der Waals surface area contributed by atoms with Gasteiger partial charge in [-0.1, -0.05) is 18.2 Å². The Morgan fingerprint density at radius 3 is 3.03 bits per heavy atom. The first-order valence-electron chi connectivity index (χ1n) is 10.2. The number of aromatic nitrogens is 1. The van der Waals surface area contributed by atoms with E-state index in [0.717, 1.165) is 49.4 Å². The van der Waals surface area contributed by atoms with Gasteiger partial charge in [0.05, 0.1) is 19.1 Å². The summed E-state index contributed by atoms with van der Waals surface area (Å²) in [6, 6.07) is 5.14. The molecule has 3 aliphatic rings. The average Bonchev–Trinajstić information content (AvgIpc) is 3.48. The second-order valence-corrected chi connectivity index (χ2v) is 7.95. The van der Waals surface area contributed by atoms with E-state index in [-0.39, 0.29) is 29.7 Å². The van der Waals surface area contributed by atoms with E-state index in [1.54, 1.807) is 6.26 Å². The zero-order valence-electron chi connectivity index (χ0n) is 16.1. The summed E-state index contributed by atoms with van der Waals surface area (Å²) in [6.45, 7) is 0.477. The van der Waals surface area contributed by atoms with E-state index >= 15 is 0 Å². The lowest BCUT2D eigenvalue weighted by Gasteiger charge is -2.24. The molecule has 2 aromatic heterocycles. The third-order valence-electron chi connectivity index (χ3n) is 6.26. The lowest BCUT2D eigenvalue weighted by molar-refractivity contribution is 0.0677. The molecule has 5 nitrogen and oxygen atoms in total. The zero-order chi connectivity index (χ0) is 19.8. The van der Waals surface area contributed by atoms with Gasteiger partial charge in [-0.15, -0.1) is 0 Å². The number of carbonyl (C=O) groups excluding carboxylic acids is 1. The fourth-order valence-corrected chi connectivity index (χ4v) is 4.92. The van der Waals surface area contributed by atoms with Crippen LogP contribution in [0.3, 0.4) is 0 Å². The molecule has 4 heterocycles. The minimum Gasteiger partial charge on any atom is -0.477 e. The molecule has 3 atom stereocenters. The number of ether oxygens (including phenoxy) is 1. The number of pyridine rings is 1. The maximum Gasteiger partial charge on any atom is 0.290 e. The van der Waals surface area contributed by atoms with Crippen molar-refractivity contribution in [2.75, 3.05) is 6.61 Å². The van der Waals surface area contributed by atoms with Crippen molar-refractivity contribution in [1.82, 2.24) is 9.88 Å². The van der Waals surface area contributed by atoms with Crippen LogP contribution < -0.4 is 4.74 Å². The molecule has 0 spiro atoms. The highest BCUT2D eigenvalue weighted by atomic mass is 19.1. The predicted octanol–water partition coefficient (Wildman–Crippen LogP) is 4.62. The van der Waals surface area contributed by atoms with Crippen molar-refractivity contribution < 1.29 is 18.3 Å². The predicted molar refractivity (Wildman–Crippen MR) is 106 cm³/mol. The maximum absolute atomic E-state index is 13.4. The van der Waals surface area contributed by atoms with Crippen LogP contribution in [0.2, 0.25) is 0 Å². The molecule has 5 rings (SSSR count). The van der Waals surface area contributed by atoms with Gasteiger partial charge in [0, 0.05) is 29.6 Å². The Balaban J connectivity index is 1.30. The van der Waals surface area contributed by atoms with Gasteiger partial charge in [0.1, 0.15) is 5.82 Å². The highest BCUT2D eigenvalue weighted by Gasteiger charge is 2.49. The van der Waals surface area contributed by atoms with Crippen molar-refractivity contribution in [2.24, 2.45) is 5.92 Å². The summed E-state index contributed by atoms with van der Waals surface area (Å²) in [7, 11) is 0. The summed E-state index contributed by atoms with van der Waals surface area (Å²) in [6.07, 6.45) is 13.8. The van der Waals surface area contributed by atoms with Gasteiger partial charge in [-0.3, -0.25) is 4.79 Å². The number of fused-ring (bicyclic) bond motifs is 2. The van der Waals surface area contributed by atoms with Crippen molar-refractivity contribution in [3.63, 3.8) is 0 Å². The molecule has 2 saturated heterocycles. The number of rotatable bonds is 5. The van der Waals surface area contributed by atoms with Gasteiger partial charge < -0.3 is 14.1 Å². The summed E-state index contributed by atoms with van der Waals surface area (Å²) in [5, 5.41) is 0. The van der Waals surface area contributed by atoms with Gasteiger partial charge in [-0.05, 0) is 49.8 Å². The van der Waals surface area contributed by atoms with E-state index in [9.17, 15) is 9.18 Å². The Kier molecular flexibility index (Phi) is 4.70. The summed E-state index contributed by atoms with van der Waals surface area (Å²) in [5.74, 6) is 0.713. The van der Waals surface area contributed by atoms with Crippen LogP contribution >= 0.6 is 0 Å². The highest BCUT2D eigenvalue weighted by Crippen LogP contribution is 2.43. The number of halogens is 1. The molecule has 0 radical (unpaired) electrons. The van der Waals surface area contributed by atoms with Gasteiger partial charge >= 0.3 is 0 Å².